The predicted molar refractivity (Wildman–Crippen MR) is 158 cm³/mol. The second-order valence-electron chi connectivity index (χ2n) is 9.40. The Bertz CT molecular complexity index is 1720. The first-order valence-corrected chi connectivity index (χ1v) is 13.5. The molecule has 0 N–H and O–H groups in total. The third kappa shape index (κ3) is 5.33. The van der Waals surface area contributed by atoms with Gasteiger partial charge in [-0.1, -0.05) is 83.9 Å². The minimum absolute atomic E-state index is 0.221. The van der Waals surface area contributed by atoms with Gasteiger partial charge in [0.1, 0.15) is 5.82 Å². The lowest BCUT2D eigenvalue weighted by molar-refractivity contribution is 0.0684. The van der Waals surface area contributed by atoms with E-state index in [4.69, 9.17) is 28.2 Å². The van der Waals surface area contributed by atoms with Crippen LogP contribution in [0.3, 0.4) is 0 Å². The molecule has 5 nitrogen and oxygen atoms in total. The Morgan fingerprint density at radius 2 is 1.54 bits per heavy atom. The molecule has 1 amide bonds. The van der Waals surface area contributed by atoms with E-state index in [0.29, 0.717) is 51.0 Å². The van der Waals surface area contributed by atoms with Crippen LogP contribution >= 0.6 is 23.2 Å². The SMILES string of the molecule is Cc1c(Cl)cccc1-n1c(C(C)N(CCc2ccccc2)C(=O)c2ccccc2Cl)nc2ccccc2c1=O. The summed E-state index contributed by atoms with van der Waals surface area (Å²) in [5.41, 5.74) is 3.21. The van der Waals surface area contributed by atoms with E-state index in [1.165, 1.54) is 0 Å². The first kappa shape index (κ1) is 26.7. The summed E-state index contributed by atoms with van der Waals surface area (Å²) in [7, 11) is 0. The fourth-order valence-corrected chi connectivity index (χ4v) is 5.18. The fraction of sp³-hybridized carbons (Fsp3) is 0.156. The molecule has 1 heterocycles. The summed E-state index contributed by atoms with van der Waals surface area (Å²) < 4.78 is 1.59. The molecule has 7 heteroatoms. The lowest BCUT2D eigenvalue weighted by atomic mass is 10.1. The lowest BCUT2D eigenvalue weighted by Crippen LogP contribution is -2.39. The Kier molecular flexibility index (Phi) is 7.82. The zero-order valence-corrected chi connectivity index (χ0v) is 23.2. The second kappa shape index (κ2) is 11.4. The number of halogens is 2. The van der Waals surface area contributed by atoms with Crippen LogP contribution in [0.5, 0.6) is 0 Å². The van der Waals surface area contributed by atoms with Crippen molar-refractivity contribution in [2.75, 3.05) is 6.54 Å². The second-order valence-corrected chi connectivity index (χ2v) is 10.2. The standard InChI is InChI=1S/C32H27Cl2N3O2/c1-21-26(33)16-10-18-29(21)37-30(35-28-17-9-7-14-25(28)32(37)39)22(2)36(20-19-23-11-4-3-5-12-23)31(38)24-13-6-8-15-27(24)34/h3-18,22H,19-20H2,1-2H3. The van der Waals surface area contributed by atoms with Gasteiger partial charge in [-0.15, -0.1) is 0 Å². The first-order chi connectivity index (χ1) is 18.9. The minimum Gasteiger partial charge on any atom is -0.328 e. The molecule has 0 saturated carbocycles. The van der Waals surface area contributed by atoms with Crippen LogP contribution < -0.4 is 5.56 Å². The average Bonchev–Trinajstić information content (AvgIpc) is 2.95. The zero-order valence-electron chi connectivity index (χ0n) is 21.6. The third-order valence-electron chi connectivity index (χ3n) is 6.97. The average molecular weight is 556 g/mol. The van der Waals surface area contributed by atoms with E-state index in [9.17, 15) is 9.59 Å². The number of para-hydroxylation sites is 1. The maximum Gasteiger partial charge on any atom is 0.266 e. The maximum absolute atomic E-state index is 14.0. The number of nitrogens with zero attached hydrogens (tertiary/aromatic N) is 3. The van der Waals surface area contributed by atoms with Crippen LogP contribution in [0.15, 0.2) is 102 Å². The maximum atomic E-state index is 14.0. The molecule has 5 aromatic rings. The summed E-state index contributed by atoms with van der Waals surface area (Å²) in [4.78, 5) is 34.7. The van der Waals surface area contributed by atoms with Gasteiger partial charge in [0, 0.05) is 11.6 Å². The molecule has 1 atom stereocenters. The number of carbonyl (C=O) groups is 1. The van der Waals surface area contributed by atoms with Crippen LogP contribution in [0.1, 0.15) is 40.3 Å². The minimum atomic E-state index is -0.576. The molecule has 0 fully saturated rings. The van der Waals surface area contributed by atoms with Crippen molar-refractivity contribution in [3.8, 4) is 5.69 Å². The molecule has 0 aliphatic heterocycles. The van der Waals surface area contributed by atoms with E-state index in [2.05, 4.69) is 0 Å². The number of benzene rings is 4. The molecule has 0 radical (unpaired) electrons. The van der Waals surface area contributed by atoms with Crippen LogP contribution in [0.25, 0.3) is 16.6 Å². The third-order valence-corrected chi connectivity index (χ3v) is 7.71. The highest BCUT2D eigenvalue weighted by atomic mass is 35.5. The van der Waals surface area contributed by atoms with Gasteiger partial charge in [-0.05, 0) is 67.8 Å². The number of rotatable bonds is 7. The highest BCUT2D eigenvalue weighted by molar-refractivity contribution is 6.33. The lowest BCUT2D eigenvalue weighted by Gasteiger charge is -2.31. The summed E-state index contributed by atoms with van der Waals surface area (Å²) in [6.07, 6.45) is 0.620. The van der Waals surface area contributed by atoms with Crippen molar-refractivity contribution in [3.63, 3.8) is 0 Å². The van der Waals surface area contributed by atoms with Crippen molar-refractivity contribution < 1.29 is 4.79 Å². The molecule has 0 aliphatic carbocycles. The summed E-state index contributed by atoms with van der Waals surface area (Å²) >= 11 is 12.9. The van der Waals surface area contributed by atoms with Crippen molar-refractivity contribution in [2.24, 2.45) is 0 Å². The van der Waals surface area contributed by atoms with Gasteiger partial charge in [0.15, 0.2) is 0 Å². The molecule has 1 unspecified atom stereocenters. The van der Waals surface area contributed by atoms with Gasteiger partial charge in [-0.3, -0.25) is 14.2 Å². The molecule has 5 rings (SSSR count). The number of hydrogen-bond donors (Lipinski definition) is 0. The molecule has 0 bridgehead atoms. The summed E-state index contributed by atoms with van der Waals surface area (Å²) in [5, 5.41) is 1.40. The monoisotopic (exact) mass is 555 g/mol. The van der Waals surface area contributed by atoms with E-state index in [1.807, 2.05) is 74.5 Å². The van der Waals surface area contributed by atoms with E-state index in [1.54, 1.807) is 45.9 Å². The Balaban J connectivity index is 1.69. The van der Waals surface area contributed by atoms with Gasteiger partial charge in [0.2, 0.25) is 0 Å². The van der Waals surface area contributed by atoms with E-state index in [0.717, 1.165) is 11.1 Å². The topological polar surface area (TPSA) is 55.2 Å². The molecule has 4 aromatic carbocycles. The molecule has 196 valence electrons. The molecular weight excluding hydrogens is 529 g/mol. The summed E-state index contributed by atoms with van der Waals surface area (Å²) in [6, 6.07) is 29.1. The van der Waals surface area contributed by atoms with Gasteiger partial charge < -0.3 is 4.90 Å². The molecule has 0 aliphatic rings. The highest BCUT2D eigenvalue weighted by Crippen LogP contribution is 2.29. The molecule has 0 saturated heterocycles. The molecule has 1 aromatic heterocycles. The normalized spacial score (nSPS) is 11.9. The largest absolute Gasteiger partial charge is 0.328 e. The Hall–Kier alpha value is -3.93. The highest BCUT2D eigenvalue weighted by Gasteiger charge is 2.29. The van der Waals surface area contributed by atoms with E-state index >= 15 is 0 Å². The van der Waals surface area contributed by atoms with Gasteiger partial charge in [0.25, 0.3) is 11.5 Å². The predicted octanol–water partition coefficient (Wildman–Crippen LogP) is 7.45. The Morgan fingerprint density at radius 3 is 2.31 bits per heavy atom. The van der Waals surface area contributed by atoms with Crippen LogP contribution in [0.2, 0.25) is 10.0 Å². The van der Waals surface area contributed by atoms with Gasteiger partial charge in [0.05, 0.1) is 33.2 Å². The molecule has 39 heavy (non-hydrogen) atoms. The summed E-state index contributed by atoms with van der Waals surface area (Å²) in [5.74, 6) is 0.207. The number of aromatic nitrogens is 2. The fourth-order valence-electron chi connectivity index (χ4n) is 4.80. The summed E-state index contributed by atoms with van der Waals surface area (Å²) in [6.45, 7) is 4.16. The van der Waals surface area contributed by atoms with Crippen molar-refractivity contribution in [1.82, 2.24) is 14.5 Å². The quantitative estimate of drug-likeness (QED) is 0.209. The number of hydrogen-bond acceptors (Lipinski definition) is 3. The van der Waals surface area contributed by atoms with Gasteiger partial charge in [-0.2, -0.15) is 0 Å². The number of fused-ring (bicyclic) bond motifs is 1. The number of amides is 1. The Labute approximate surface area is 237 Å². The van der Waals surface area contributed by atoms with Crippen LogP contribution in [-0.2, 0) is 6.42 Å². The smallest absolute Gasteiger partial charge is 0.266 e. The van der Waals surface area contributed by atoms with Crippen molar-refractivity contribution in [3.05, 3.63) is 140 Å². The molecular formula is C32H27Cl2N3O2. The zero-order chi connectivity index (χ0) is 27.5. The van der Waals surface area contributed by atoms with E-state index < -0.39 is 6.04 Å². The van der Waals surface area contributed by atoms with E-state index in [-0.39, 0.29) is 11.5 Å². The Morgan fingerprint density at radius 1 is 0.872 bits per heavy atom. The van der Waals surface area contributed by atoms with Crippen molar-refractivity contribution in [1.29, 1.82) is 0 Å². The van der Waals surface area contributed by atoms with Gasteiger partial charge in [-0.25, -0.2) is 4.98 Å². The van der Waals surface area contributed by atoms with Gasteiger partial charge >= 0.3 is 0 Å². The first-order valence-electron chi connectivity index (χ1n) is 12.7. The van der Waals surface area contributed by atoms with Crippen LogP contribution in [0, 0.1) is 6.92 Å². The van der Waals surface area contributed by atoms with Crippen LogP contribution in [-0.4, -0.2) is 26.9 Å². The molecule has 0 spiro atoms. The van der Waals surface area contributed by atoms with Crippen molar-refractivity contribution in [2.45, 2.75) is 26.3 Å². The van der Waals surface area contributed by atoms with Crippen LogP contribution in [0.4, 0.5) is 0 Å². The number of carbonyl (C=O) groups excluding carboxylic acids is 1. The van der Waals surface area contributed by atoms with Crippen molar-refractivity contribution >= 4 is 40.0 Å².